The van der Waals surface area contributed by atoms with Gasteiger partial charge in [0, 0.05) is 17.3 Å². The van der Waals surface area contributed by atoms with Gasteiger partial charge in [-0.25, -0.2) is 4.39 Å². The summed E-state index contributed by atoms with van der Waals surface area (Å²) in [7, 11) is 0. The van der Waals surface area contributed by atoms with Crippen molar-refractivity contribution in [2.24, 2.45) is 0 Å². The Kier molecular flexibility index (Phi) is 4.79. The van der Waals surface area contributed by atoms with E-state index in [2.05, 4.69) is 20.6 Å². The zero-order chi connectivity index (χ0) is 21.4. The molecule has 2 N–H and O–H groups in total. The molecule has 1 amide bonds. The number of rotatable bonds is 5. The van der Waals surface area contributed by atoms with Gasteiger partial charge in [0.1, 0.15) is 16.5 Å². The molecule has 2 aromatic carbocycles. The molecule has 5 rings (SSSR count). The van der Waals surface area contributed by atoms with E-state index >= 15 is 0 Å². The van der Waals surface area contributed by atoms with Crippen LogP contribution >= 0.6 is 11.6 Å². The van der Waals surface area contributed by atoms with Gasteiger partial charge in [0.2, 0.25) is 6.79 Å². The topological polar surface area (TPSA) is 94.1 Å². The van der Waals surface area contributed by atoms with Crippen LogP contribution in [0.1, 0.15) is 16.1 Å². The molecule has 0 aliphatic carbocycles. The van der Waals surface area contributed by atoms with Crippen LogP contribution in [0.15, 0.2) is 54.7 Å². The highest BCUT2D eigenvalue weighted by atomic mass is 35.5. The minimum Gasteiger partial charge on any atom is -0.454 e. The van der Waals surface area contributed by atoms with Crippen LogP contribution in [0.4, 0.5) is 10.2 Å². The van der Waals surface area contributed by atoms with E-state index in [-0.39, 0.29) is 35.7 Å². The van der Waals surface area contributed by atoms with Crippen LogP contribution in [0.5, 0.6) is 11.5 Å². The second-order valence-electron chi connectivity index (χ2n) is 6.80. The molecular weight excluding hydrogens is 425 g/mol. The molecule has 0 unspecified atom stereocenters. The zero-order valence-electron chi connectivity index (χ0n) is 15.9. The number of halogens is 2. The predicted octanol–water partition coefficient (Wildman–Crippen LogP) is 4.10. The van der Waals surface area contributed by atoms with Gasteiger partial charge in [-0.2, -0.15) is 10.2 Å². The first-order chi connectivity index (χ1) is 15.1. The standard InChI is InChI=1S/C21H15ClFN5O3/c22-14-10-28(9-13-3-1-2-4-15(13)23)27-20(14)24-21(29)17-8-16(25-26-17)12-5-6-18-19(7-12)31-11-30-18/h1-8,10H,9,11H2,(H,25,26)(H,24,27,29). The van der Waals surface area contributed by atoms with Gasteiger partial charge in [-0.3, -0.25) is 14.6 Å². The van der Waals surface area contributed by atoms with Crippen molar-refractivity contribution in [2.45, 2.75) is 6.54 Å². The molecule has 2 aromatic heterocycles. The number of aromatic nitrogens is 4. The summed E-state index contributed by atoms with van der Waals surface area (Å²) in [6.45, 7) is 0.359. The number of hydrogen-bond acceptors (Lipinski definition) is 5. The van der Waals surface area contributed by atoms with E-state index in [0.717, 1.165) is 5.56 Å². The lowest BCUT2D eigenvalue weighted by molar-refractivity contribution is 0.102. The number of carbonyl (C=O) groups excluding carboxylic acids is 1. The van der Waals surface area contributed by atoms with Crippen LogP contribution in [0.3, 0.4) is 0 Å². The molecule has 1 aliphatic rings. The first-order valence-corrected chi connectivity index (χ1v) is 9.68. The molecule has 0 fully saturated rings. The molecule has 10 heteroatoms. The lowest BCUT2D eigenvalue weighted by Gasteiger charge is -2.03. The number of nitrogens with zero attached hydrogens (tertiary/aromatic N) is 3. The maximum Gasteiger partial charge on any atom is 0.274 e. The van der Waals surface area contributed by atoms with Crippen LogP contribution in [-0.4, -0.2) is 32.7 Å². The normalized spacial score (nSPS) is 12.2. The second-order valence-corrected chi connectivity index (χ2v) is 7.21. The molecule has 0 radical (unpaired) electrons. The molecule has 3 heterocycles. The Labute approximate surface area is 180 Å². The van der Waals surface area contributed by atoms with Crippen molar-refractivity contribution in [3.05, 3.63) is 76.8 Å². The Morgan fingerprint density at radius 3 is 2.90 bits per heavy atom. The maximum atomic E-state index is 13.9. The summed E-state index contributed by atoms with van der Waals surface area (Å²) >= 11 is 6.19. The van der Waals surface area contributed by atoms with Gasteiger partial charge >= 0.3 is 0 Å². The molecule has 0 spiro atoms. The summed E-state index contributed by atoms with van der Waals surface area (Å²) in [5.74, 6) is 0.657. The Morgan fingerprint density at radius 2 is 2.03 bits per heavy atom. The van der Waals surface area contributed by atoms with Crippen molar-refractivity contribution in [1.29, 1.82) is 0 Å². The summed E-state index contributed by atoms with van der Waals surface area (Å²) in [4.78, 5) is 12.6. The highest BCUT2D eigenvalue weighted by Gasteiger charge is 2.18. The summed E-state index contributed by atoms with van der Waals surface area (Å²) in [6, 6.07) is 13.4. The lowest BCUT2D eigenvalue weighted by atomic mass is 10.1. The largest absolute Gasteiger partial charge is 0.454 e. The molecule has 156 valence electrons. The van der Waals surface area contributed by atoms with Crippen molar-refractivity contribution in [1.82, 2.24) is 20.0 Å². The maximum absolute atomic E-state index is 13.9. The summed E-state index contributed by atoms with van der Waals surface area (Å²) in [5, 5.41) is 14.0. The van der Waals surface area contributed by atoms with E-state index in [0.29, 0.717) is 22.8 Å². The summed E-state index contributed by atoms with van der Waals surface area (Å²) < 4.78 is 26.0. The fraction of sp³-hybridized carbons (Fsp3) is 0.0952. The zero-order valence-corrected chi connectivity index (χ0v) is 16.7. The van der Waals surface area contributed by atoms with Gasteiger partial charge in [-0.1, -0.05) is 29.8 Å². The monoisotopic (exact) mass is 439 g/mol. The van der Waals surface area contributed by atoms with Crippen molar-refractivity contribution >= 4 is 23.3 Å². The van der Waals surface area contributed by atoms with Gasteiger partial charge in [0.05, 0.1) is 12.2 Å². The Balaban J connectivity index is 1.31. The van der Waals surface area contributed by atoms with E-state index in [9.17, 15) is 9.18 Å². The first-order valence-electron chi connectivity index (χ1n) is 9.30. The number of fused-ring (bicyclic) bond motifs is 1. The van der Waals surface area contributed by atoms with Crippen molar-refractivity contribution in [3.63, 3.8) is 0 Å². The van der Waals surface area contributed by atoms with Crippen molar-refractivity contribution in [3.8, 4) is 22.8 Å². The number of benzene rings is 2. The first kappa shape index (κ1) is 19.1. The number of ether oxygens (including phenoxy) is 2. The van der Waals surface area contributed by atoms with Gasteiger partial charge in [-0.15, -0.1) is 0 Å². The minimum absolute atomic E-state index is 0.169. The lowest BCUT2D eigenvalue weighted by Crippen LogP contribution is -2.13. The minimum atomic E-state index is -0.461. The molecule has 4 aromatic rings. The van der Waals surface area contributed by atoms with Crippen LogP contribution in [0.2, 0.25) is 5.02 Å². The molecule has 8 nitrogen and oxygen atoms in total. The molecule has 31 heavy (non-hydrogen) atoms. The third-order valence-corrected chi connectivity index (χ3v) is 5.01. The van der Waals surface area contributed by atoms with Crippen molar-refractivity contribution < 1.29 is 18.7 Å². The molecule has 1 aliphatic heterocycles. The number of carbonyl (C=O) groups is 1. The quantitative estimate of drug-likeness (QED) is 0.488. The van der Waals surface area contributed by atoms with Gasteiger partial charge in [-0.05, 0) is 30.3 Å². The SMILES string of the molecule is O=C(Nc1nn(Cc2ccccc2F)cc1Cl)c1cc(-c2ccc3c(c2)OCO3)n[nH]1. The van der Waals surface area contributed by atoms with Crippen LogP contribution in [-0.2, 0) is 6.54 Å². The highest BCUT2D eigenvalue weighted by molar-refractivity contribution is 6.33. The van der Waals surface area contributed by atoms with Gasteiger partial charge < -0.3 is 14.8 Å². The van der Waals surface area contributed by atoms with E-state index in [4.69, 9.17) is 21.1 Å². The van der Waals surface area contributed by atoms with Crippen LogP contribution in [0, 0.1) is 5.82 Å². The number of amides is 1. The molecule has 0 saturated carbocycles. The van der Waals surface area contributed by atoms with Crippen molar-refractivity contribution in [2.75, 3.05) is 12.1 Å². The highest BCUT2D eigenvalue weighted by Crippen LogP contribution is 2.35. The third-order valence-electron chi connectivity index (χ3n) is 4.73. The number of hydrogen-bond donors (Lipinski definition) is 2. The number of H-pyrrole nitrogens is 1. The fourth-order valence-corrected chi connectivity index (χ4v) is 3.38. The third kappa shape index (κ3) is 3.82. The molecular formula is C21H15ClFN5O3. The number of aromatic amines is 1. The number of anilines is 1. The van der Waals surface area contributed by atoms with E-state index < -0.39 is 5.91 Å². The van der Waals surface area contributed by atoms with Crippen LogP contribution < -0.4 is 14.8 Å². The fourth-order valence-electron chi connectivity index (χ4n) is 3.18. The van der Waals surface area contributed by atoms with Gasteiger partial charge in [0.15, 0.2) is 17.3 Å². The average molecular weight is 440 g/mol. The van der Waals surface area contributed by atoms with Gasteiger partial charge in [0.25, 0.3) is 5.91 Å². The molecule has 0 atom stereocenters. The summed E-state index contributed by atoms with van der Waals surface area (Å²) in [5.41, 5.74) is 2.03. The smallest absolute Gasteiger partial charge is 0.274 e. The summed E-state index contributed by atoms with van der Waals surface area (Å²) in [6.07, 6.45) is 1.52. The second kappa shape index (κ2) is 7.77. The van der Waals surface area contributed by atoms with Crippen LogP contribution in [0.25, 0.3) is 11.3 Å². The molecule has 0 saturated heterocycles. The number of nitrogens with one attached hydrogen (secondary N) is 2. The Bertz CT molecular complexity index is 1290. The average Bonchev–Trinajstić information content (AvgIpc) is 3.49. The predicted molar refractivity (Wildman–Crippen MR) is 111 cm³/mol. The van der Waals surface area contributed by atoms with E-state index in [1.165, 1.54) is 16.9 Å². The van der Waals surface area contributed by atoms with E-state index in [1.54, 1.807) is 36.4 Å². The Hall–Kier alpha value is -3.85. The molecule has 0 bridgehead atoms. The Morgan fingerprint density at radius 1 is 1.19 bits per heavy atom. The van der Waals surface area contributed by atoms with E-state index in [1.807, 2.05) is 6.07 Å².